The predicted molar refractivity (Wildman–Crippen MR) is 29.6 cm³/mol. The van der Waals surface area contributed by atoms with Gasteiger partial charge in [-0.3, -0.25) is 0 Å². The topological polar surface area (TPSA) is 46.2 Å². The standard InChI is InChI=1S/C5H13NO/c1-3-4(2)5(6)7/h4-5,7H,3,6H2,1-2H3/t4-,5+/m0/s1. The summed E-state index contributed by atoms with van der Waals surface area (Å²) < 4.78 is 0. The fourth-order valence-electron chi connectivity index (χ4n) is 0.241. The Labute approximate surface area is 44.3 Å². The zero-order valence-electron chi connectivity index (χ0n) is 4.89. The molecular formula is C5H13NO. The van der Waals surface area contributed by atoms with Crippen LogP contribution >= 0.6 is 0 Å². The van der Waals surface area contributed by atoms with Crippen molar-refractivity contribution in [1.82, 2.24) is 0 Å². The van der Waals surface area contributed by atoms with Gasteiger partial charge in [-0.05, 0) is 12.3 Å². The Morgan fingerprint density at radius 2 is 2.14 bits per heavy atom. The van der Waals surface area contributed by atoms with E-state index < -0.39 is 6.23 Å². The number of aliphatic hydroxyl groups excluding tert-OH is 1. The molecule has 0 saturated heterocycles. The molecule has 0 aromatic carbocycles. The maximum atomic E-state index is 8.60. The second-order valence-electron chi connectivity index (χ2n) is 1.88. The van der Waals surface area contributed by atoms with Crippen LogP contribution in [0.4, 0.5) is 0 Å². The first-order valence-electron chi connectivity index (χ1n) is 2.62. The van der Waals surface area contributed by atoms with Gasteiger partial charge in [0.2, 0.25) is 0 Å². The number of nitrogens with two attached hydrogens (primary N) is 1. The molecule has 0 aromatic rings. The molecule has 0 fully saturated rings. The van der Waals surface area contributed by atoms with E-state index in [2.05, 4.69) is 0 Å². The number of hydrogen-bond donors (Lipinski definition) is 2. The molecule has 0 rings (SSSR count). The van der Waals surface area contributed by atoms with Gasteiger partial charge >= 0.3 is 0 Å². The van der Waals surface area contributed by atoms with E-state index >= 15 is 0 Å². The normalized spacial score (nSPS) is 18.9. The van der Waals surface area contributed by atoms with E-state index in [1.165, 1.54) is 0 Å². The second-order valence-corrected chi connectivity index (χ2v) is 1.88. The second kappa shape index (κ2) is 2.99. The predicted octanol–water partition coefficient (Wildman–Crippen LogP) is 0.310. The highest BCUT2D eigenvalue weighted by Crippen LogP contribution is 2.00. The third-order valence-electron chi connectivity index (χ3n) is 1.23. The largest absolute Gasteiger partial charge is 0.379 e. The fraction of sp³-hybridized carbons (Fsp3) is 1.00. The summed E-state index contributed by atoms with van der Waals surface area (Å²) in [5, 5.41) is 8.60. The van der Waals surface area contributed by atoms with Gasteiger partial charge < -0.3 is 10.8 Å². The maximum absolute atomic E-state index is 8.60. The van der Waals surface area contributed by atoms with Gasteiger partial charge in [-0.1, -0.05) is 13.8 Å². The van der Waals surface area contributed by atoms with Gasteiger partial charge in [0.15, 0.2) is 0 Å². The van der Waals surface area contributed by atoms with Gasteiger partial charge in [0, 0.05) is 0 Å². The quantitative estimate of drug-likeness (QED) is 0.494. The smallest absolute Gasteiger partial charge is 0.104 e. The van der Waals surface area contributed by atoms with Gasteiger partial charge in [0.25, 0.3) is 0 Å². The van der Waals surface area contributed by atoms with Crippen LogP contribution in [0.15, 0.2) is 0 Å². The molecule has 3 N–H and O–H groups in total. The minimum Gasteiger partial charge on any atom is -0.379 e. The van der Waals surface area contributed by atoms with E-state index in [9.17, 15) is 0 Å². The van der Waals surface area contributed by atoms with Gasteiger partial charge in [-0.15, -0.1) is 0 Å². The lowest BCUT2D eigenvalue weighted by Crippen LogP contribution is -2.26. The van der Waals surface area contributed by atoms with Crippen molar-refractivity contribution >= 4 is 0 Å². The summed E-state index contributed by atoms with van der Waals surface area (Å²) in [5.41, 5.74) is 5.10. The zero-order valence-corrected chi connectivity index (χ0v) is 4.89. The molecule has 0 unspecified atom stereocenters. The molecule has 0 heterocycles. The Morgan fingerprint density at radius 1 is 1.71 bits per heavy atom. The van der Waals surface area contributed by atoms with Crippen LogP contribution in [0.2, 0.25) is 0 Å². The Hall–Kier alpha value is -0.0800. The van der Waals surface area contributed by atoms with E-state index in [0.717, 1.165) is 6.42 Å². The zero-order chi connectivity index (χ0) is 5.86. The third-order valence-corrected chi connectivity index (χ3v) is 1.23. The van der Waals surface area contributed by atoms with Crippen LogP contribution < -0.4 is 5.73 Å². The van der Waals surface area contributed by atoms with Crippen molar-refractivity contribution in [3.05, 3.63) is 0 Å². The van der Waals surface area contributed by atoms with E-state index in [0.29, 0.717) is 0 Å². The van der Waals surface area contributed by atoms with Crippen LogP contribution in [-0.2, 0) is 0 Å². The highest BCUT2D eigenvalue weighted by molar-refractivity contribution is 4.52. The number of hydrogen-bond acceptors (Lipinski definition) is 2. The van der Waals surface area contributed by atoms with Crippen molar-refractivity contribution in [2.24, 2.45) is 11.7 Å². The minimum absolute atomic E-state index is 0.236. The van der Waals surface area contributed by atoms with Gasteiger partial charge in [-0.2, -0.15) is 0 Å². The van der Waals surface area contributed by atoms with Crippen molar-refractivity contribution in [2.75, 3.05) is 0 Å². The van der Waals surface area contributed by atoms with Gasteiger partial charge in [0.1, 0.15) is 6.23 Å². The monoisotopic (exact) mass is 103 g/mol. The Morgan fingerprint density at radius 3 is 2.14 bits per heavy atom. The molecule has 0 radical (unpaired) electrons. The van der Waals surface area contributed by atoms with Crippen LogP contribution in [0.3, 0.4) is 0 Å². The summed E-state index contributed by atoms with van der Waals surface area (Å²) in [6.07, 6.45) is 0.308. The Bertz CT molecular complexity index is 45.3. The molecule has 0 bridgehead atoms. The molecule has 0 aliphatic heterocycles. The maximum Gasteiger partial charge on any atom is 0.104 e. The summed E-state index contributed by atoms with van der Waals surface area (Å²) in [6.45, 7) is 3.92. The average Bonchev–Trinajstić information content (AvgIpc) is 1.65. The number of rotatable bonds is 2. The van der Waals surface area contributed by atoms with Crippen molar-refractivity contribution < 1.29 is 5.11 Å². The van der Waals surface area contributed by atoms with Crippen LogP contribution in [0, 0.1) is 5.92 Å². The van der Waals surface area contributed by atoms with E-state index in [1.54, 1.807) is 0 Å². The molecule has 44 valence electrons. The minimum atomic E-state index is -0.634. The molecule has 0 aliphatic carbocycles. The third kappa shape index (κ3) is 2.60. The van der Waals surface area contributed by atoms with Crippen LogP contribution in [0.1, 0.15) is 20.3 Å². The first-order chi connectivity index (χ1) is 3.18. The van der Waals surface area contributed by atoms with Crippen molar-refractivity contribution in [3.63, 3.8) is 0 Å². The summed E-state index contributed by atoms with van der Waals surface area (Å²) in [6, 6.07) is 0. The molecule has 7 heavy (non-hydrogen) atoms. The van der Waals surface area contributed by atoms with Gasteiger partial charge in [0.05, 0.1) is 0 Å². The van der Waals surface area contributed by atoms with E-state index in [4.69, 9.17) is 10.8 Å². The molecule has 2 nitrogen and oxygen atoms in total. The molecule has 2 atom stereocenters. The van der Waals surface area contributed by atoms with Crippen molar-refractivity contribution in [1.29, 1.82) is 0 Å². The van der Waals surface area contributed by atoms with Crippen LogP contribution in [-0.4, -0.2) is 11.3 Å². The van der Waals surface area contributed by atoms with Crippen LogP contribution in [0.25, 0.3) is 0 Å². The SMILES string of the molecule is CC[C@H](C)[C@H](N)O. The molecule has 2 heteroatoms. The van der Waals surface area contributed by atoms with E-state index in [-0.39, 0.29) is 5.92 Å². The lowest BCUT2D eigenvalue weighted by atomic mass is 10.1. The van der Waals surface area contributed by atoms with Crippen molar-refractivity contribution in [3.8, 4) is 0 Å². The summed E-state index contributed by atoms with van der Waals surface area (Å²) >= 11 is 0. The van der Waals surface area contributed by atoms with Gasteiger partial charge in [-0.25, -0.2) is 0 Å². The molecule has 0 spiro atoms. The molecular weight excluding hydrogens is 90.1 g/mol. The van der Waals surface area contributed by atoms with E-state index in [1.807, 2.05) is 13.8 Å². The summed E-state index contributed by atoms with van der Waals surface area (Å²) in [4.78, 5) is 0. The summed E-state index contributed by atoms with van der Waals surface area (Å²) in [7, 11) is 0. The molecule has 0 saturated carbocycles. The Balaban J connectivity index is 3.14. The van der Waals surface area contributed by atoms with Crippen LogP contribution in [0.5, 0.6) is 0 Å². The summed E-state index contributed by atoms with van der Waals surface area (Å²) in [5.74, 6) is 0.236. The average molecular weight is 103 g/mol. The molecule has 0 aromatic heterocycles. The molecule has 0 amide bonds. The number of aliphatic hydroxyl groups is 1. The lowest BCUT2D eigenvalue weighted by molar-refractivity contribution is 0.121. The first-order valence-corrected chi connectivity index (χ1v) is 2.62. The molecule has 0 aliphatic rings. The Kier molecular flexibility index (Phi) is 2.96. The first kappa shape index (κ1) is 6.92. The lowest BCUT2D eigenvalue weighted by Gasteiger charge is -2.09. The van der Waals surface area contributed by atoms with Crippen molar-refractivity contribution in [2.45, 2.75) is 26.5 Å². The highest BCUT2D eigenvalue weighted by Gasteiger charge is 2.03. The highest BCUT2D eigenvalue weighted by atomic mass is 16.3. The fourth-order valence-corrected chi connectivity index (χ4v) is 0.241.